The lowest BCUT2D eigenvalue weighted by Gasteiger charge is -2.21. The highest BCUT2D eigenvalue weighted by molar-refractivity contribution is 8.00. The number of aryl methyl sites for hydroxylation is 1. The second-order valence-electron chi connectivity index (χ2n) is 8.53. The Kier molecular flexibility index (Phi) is 6.09. The fourth-order valence-corrected chi connectivity index (χ4v) is 6.04. The molecule has 1 amide bonds. The van der Waals surface area contributed by atoms with Crippen molar-refractivity contribution in [3.05, 3.63) is 107 Å². The third-order valence-electron chi connectivity index (χ3n) is 6.01. The molecule has 0 bridgehead atoms. The normalized spacial score (nSPS) is 15.7. The minimum absolute atomic E-state index is 0.0107. The van der Waals surface area contributed by atoms with Crippen LogP contribution in [0.4, 0.5) is 9.52 Å². The van der Waals surface area contributed by atoms with Gasteiger partial charge in [-0.3, -0.25) is 14.5 Å². The van der Waals surface area contributed by atoms with E-state index >= 15 is 0 Å². The first-order valence-electron chi connectivity index (χ1n) is 11.5. The number of aromatic nitrogens is 2. The molecule has 0 saturated heterocycles. The number of anilines is 1. The Bertz CT molecular complexity index is 1690. The van der Waals surface area contributed by atoms with Crippen molar-refractivity contribution < 1.29 is 27.9 Å². The molecule has 0 unspecified atom stereocenters. The number of amides is 1. The average Bonchev–Trinajstić information content (AvgIpc) is 3.70. The molecule has 8 nitrogen and oxygen atoms in total. The largest absolute Gasteiger partial charge is 0.503 e. The lowest BCUT2D eigenvalue weighted by atomic mass is 10.00. The fourth-order valence-electron chi connectivity index (χ4n) is 4.21. The van der Waals surface area contributed by atoms with Gasteiger partial charge in [0.05, 0.1) is 5.57 Å². The van der Waals surface area contributed by atoms with E-state index in [4.69, 9.17) is 8.83 Å². The highest BCUT2D eigenvalue weighted by Gasteiger charge is 2.48. The van der Waals surface area contributed by atoms with Crippen molar-refractivity contribution in [2.75, 3.05) is 4.90 Å². The number of benzene rings is 2. The second kappa shape index (κ2) is 9.58. The first-order chi connectivity index (χ1) is 18.4. The van der Waals surface area contributed by atoms with Crippen LogP contribution < -0.4 is 4.90 Å². The Morgan fingerprint density at radius 3 is 2.63 bits per heavy atom. The summed E-state index contributed by atoms with van der Waals surface area (Å²) in [6.45, 7) is 1.74. The molecule has 0 saturated carbocycles. The van der Waals surface area contributed by atoms with Crippen LogP contribution in [-0.4, -0.2) is 27.0 Å². The number of halogens is 1. The summed E-state index contributed by atoms with van der Waals surface area (Å²) < 4.78 is 25.3. The molecule has 1 aliphatic rings. The number of thioether (sulfide) groups is 1. The topological polar surface area (TPSA) is 110 Å². The molecular formula is C27H18FN3O5S2. The highest BCUT2D eigenvalue weighted by Crippen LogP contribution is 2.44. The van der Waals surface area contributed by atoms with E-state index in [0.29, 0.717) is 21.4 Å². The third-order valence-corrected chi connectivity index (χ3v) is 8.14. The van der Waals surface area contributed by atoms with Crippen LogP contribution in [0.2, 0.25) is 0 Å². The maximum Gasteiger partial charge on any atom is 0.296 e. The average molecular weight is 548 g/mol. The predicted molar refractivity (Wildman–Crippen MR) is 140 cm³/mol. The standard InChI is InChI=1S/C27H18FN3O5S2/c1-14-6-11-19(35-14)22-21(23(32)20-12-16-4-2-3-5-18(16)36-20)24(33)25(34)31(22)26-29-30-27(38-26)37-13-15-7-9-17(28)10-8-15/h2-12,22,33H,13H2,1H3/t22-/m1/s1. The second-order valence-corrected chi connectivity index (χ2v) is 10.7. The van der Waals surface area contributed by atoms with Crippen LogP contribution in [0.5, 0.6) is 0 Å². The van der Waals surface area contributed by atoms with E-state index in [-0.39, 0.29) is 28.0 Å². The van der Waals surface area contributed by atoms with Crippen LogP contribution in [0.3, 0.4) is 0 Å². The zero-order valence-electron chi connectivity index (χ0n) is 19.8. The van der Waals surface area contributed by atoms with Crippen molar-refractivity contribution in [3.63, 3.8) is 0 Å². The van der Waals surface area contributed by atoms with Gasteiger partial charge in [0.25, 0.3) is 5.91 Å². The van der Waals surface area contributed by atoms with Crippen molar-refractivity contribution >= 4 is 50.9 Å². The van der Waals surface area contributed by atoms with Gasteiger partial charge in [-0.2, -0.15) is 0 Å². The van der Waals surface area contributed by atoms with Crippen LogP contribution in [0.25, 0.3) is 11.0 Å². The van der Waals surface area contributed by atoms with E-state index in [0.717, 1.165) is 22.3 Å². The Labute approximate surface area is 223 Å². The number of ketones is 1. The summed E-state index contributed by atoms with van der Waals surface area (Å²) in [5, 5.41) is 20.2. The summed E-state index contributed by atoms with van der Waals surface area (Å²) in [4.78, 5) is 28.2. The van der Waals surface area contributed by atoms with Crippen LogP contribution in [0, 0.1) is 12.7 Å². The summed E-state index contributed by atoms with van der Waals surface area (Å²) in [6.07, 6.45) is 0. The van der Waals surface area contributed by atoms with Gasteiger partial charge in [0, 0.05) is 11.1 Å². The van der Waals surface area contributed by atoms with E-state index in [1.54, 1.807) is 55.5 Å². The fraction of sp³-hybridized carbons (Fsp3) is 0.111. The minimum Gasteiger partial charge on any atom is -0.503 e. The zero-order chi connectivity index (χ0) is 26.4. The van der Waals surface area contributed by atoms with E-state index in [1.807, 2.05) is 6.07 Å². The van der Waals surface area contributed by atoms with Crippen molar-refractivity contribution in [2.24, 2.45) is 0 Å². The van der Waals surface area contributed by atoms with Gasteiger partial charge in [0.2, 0.25) is 10.9 Å². The number of para-hydroxylation sites is 1. The number of nitrogens with zero attached hydrogens (tertiary/aromatic N) is 3. The molecule has 0 spiro atoms. The molecule has 3 aromatic heterocycles. The molecule has 0 fully saturated rings. The molecule has 4 heterocycles. The van der Waals surface area contributed by atoms with Gasteiger partial charge in [-0.25, -0.2) is 4.39 Å². The molecule has 190 valence electrons. The number of aliphatic hydroxyl groups is 1. The van der Waals surface area contributed by atoms with Crippen LogP contribution >= 0.6 is 23.1 Å². The van der Waals surface area contributed by atoms with Crippen molar-refractivity contribution in [2.45, 2.75) is 23.1 Å². The molecule has 1 aliphatic heterocycles. The number of fused-ring (bicyclic) bond motifs is 1. The van der Waals surface area contributed by atoms with Gasteiger partial charge < -0.3 is 13.9 Å². The number of hydrogen-bond donors (Lipinski definition) is 1. The Balaban J connectivity index is 1.34. The van der Waals surface area contributed by atoms with Gasteiger partial charge in [0.15, 0.2) is 15.9 Å². The van der Waals surface area contributed by atoms with Gasteiger partial charge >= 0.3 is 0 Å². The minimum atomic E-state index is -1.07. The van der Waals surface area contributed by atoms with Gasteiger partial charge in [-0.05, 0) is 48.9 Å². The Morgan fingerprint density at radius 2 is 1.89 bits per heavy atom. The number of rotatable bonds is 7. The highest BCUT2D eigenvalue weighted by atomic mass is 32.2. The van der Waals surface area contributed by atoms with E-state index in [1.165, 1.54) is 28.8 Å². The van der Waals surface area contributed by atoms with Gasteiger partial charge in [-0.15, -0.1) is 10.2 Å². The lowest BCUT2D eigenvalue weighted by Crippen LogP contribution is -2.30. The summed E-state index contributed by atoms with van der Waals surface area (Å²) in [7, 11) is 0. The molecule has 0 radical (unpaired) electrons. The summed E-state index contributed by atoms with van der Waals surface area (Å²) in [6, 6.07) is 17.1. The van der Waals surface area contributed by atoms with Gasteiger partial charge in [0.1, 0.15) is 29.0 Å². The molecule has 1 atom stereocenters. The number of carbonyl (C=O) groups is 2. The Morgan fingerprint density at radius 1 is 1.11 bits per heavy atom. The monoisotopic (exact) mass is 547 g/mol. The third kappa shape index (κ3) is 4.29. The quantitative estimate of drug-likeness (QED) is 0.142. The number of carbonyl (C=O) groups excluding carboxylic acids is 2. The molecule has 1 N–H and O–H groups in total. The first-order valence-corrected chi connectivity index (χ1v) is 13.3. The molecule has 6 rings (SSSR count). The van der Waals surface area contributed by atoms with Crippen LogP contribution in [-0.2, 0) is 10.5 Å². The van der Waals surface area contributed by atoms with Crippen molar-refractivity contribution in [1.82, 2.24) is 10.2 Å². The molecule has 2 aromatic carbocycles. The van der Waals surface area contributed by atoms with Gasteiger partial charge in [-0.1, -0.05) is 53.4 Å². The number of hydrogen-bond acceptors (Lipinski definition) is 9. The lowest BCUT2D eigenvalue weighted by molar-refractivity contribution is -0.117. The maximum atomic E-state index is 13.6. The smallest absolute Gasteiger partial charge is 0.296 e. The molecule has 11 heteroatoms. The SMILES string of the molecule is Cc1ccc([C@@H]2C(C(=O)c3cc4ccccc4o3)=C(O)C(=O)N2c2nnc(SCc3ccc(F)cc3)s2)o1. The molecule has 0 aliphatic carbocycles. The van der Waals surface area contributed by atoms with Crippen LogP contribution in [0.1, 0.15) is 33.7 Å². The summed E-state index contributed by atoms with van der Waals surface area (Å²) in [5.41, 5.74) is 1.24. The first kappa shape index (κ1) is 24.1. The molecule has 38 heavy (non-hydrogen) atoms. The number of aliphatic hydroxyl groups excluding tert-OH is 1. The maximum absolute atomic E-state index is 13.6. The number of Topliss-reactive ketones (excluding diaryl/α,β-unsaturated/α-hetero) is 1. The van der Waals surface area contributed by atoms with Crippen molar-refractivity contribution in [1.29, 1.82) is 0 Å². The molecular weight excluding hydrogens is 529 g/mol. The van der Waals surface area contributed by atoms with E-state index in [2.05, 4.69) is 10.2 Å². The zero-order valence-corrected chi connectivity index (χ0v) is 21.4. The summed E-state index contributed by atoms with van der Waals surface area (Å²) in [5.74, 6) is -1.09. The predicted octanol–water partition coefficient (Wildman–Crippen LogP) is 6.40. The van der Waals surface area contributed by atoms with E-state index in [9.17, 15) is 19.1 Å². The van der Waals surface area contributed by atoms with Crippen molar-refractivity contribution in [3.8, 4) is 0 Å². The molecule has 5 aromatic rings. The number of furan rings is 2. The van der Waals surface area contributed by atoms with E-state index < -0.39 is 23.5 Å². The summed E-state index contributed by atoms with van der Waals surface area (Å²) >= 11 is 2.51. The Hall–Kier alpha value is -4.22. The van der Waals surface area contributed by atoms with Crippen LogP contribution in [0.15, 0.2) is 91.2 Å².